The second kappa shape index (κ2) is 55.2. The summed E-state index contributed by atoms with van der Waals surface area (Å²) in [6, 6.07) is 0. The van der Waals surface area contributed by atoms with E-state index in [0.29, 0.717) is 19.3 Å². The van der Waals surface area contributed by atoms with Gasteiger partial charge in [-0.05, 0) is 70.6 Å². The highest BCUT2D eigenvalue weighted by Gasteiger charge is 2.28. The summed E-state index contributed by atoms with van der Waals surface area (Å²) in [4.78, 5) is 48.6. The van der Waals surface area contributed by atoms with Crippen LogP contribution in [0.15, 0.2) is 24.3 Å². The standard InChI is InChI=1S/C60H113O11P/c1-4-7-10-13-16-19-22-25-27-28-30-32-34-37-40-43-46-49-58(62)67-53-57(71-60(64)51-48-45-42-39-36-33-29-26-23-20-17-14-11-8-5-2)55-69-72(65,66)68-54-56(52-61)70-59(63)50-47-44-41-38-35-31-24-21-18-15-12-9-6-3/h21,24-25,27,56-57,61H,4-20,22-23,26,28-55H2,1-3H3,(H,65,66)/b24-21-,27-25-. The lowest BCUT2D eigenvalue weighted by molar-refractivity contribution is -0.161. The SMILES string of the molecule is CCCCCC/C=C\CCCCCCCC(=O)OC(CO)COP(=O)(O)OCC(COC(=O)CCCCCCCCC/C=C\CCCCCCCC)OC(=O)CCCCCCCCCCCCCCCCC. The first-order chi connectivity index (χ1) is 35.2. The molecule has 0 aliphatic carbocycles. The van der Waals surface area contributed by atoms with Crippen LogP contribution in [0, 0.1) is 0 Å². The number of aliphatic hydroxyl groups excluding tert-OH is 1. The molecule has 0 fully saturated rings. The number of carbonyl (C=O) groups excluding carboxylic acids is 3. The summed E-state index contributed by atoms with van der Waals surface area (Å²) in [6.07, 6.45) is 55.6. The Bertz CT molecular complexity index is 1310. The summed E-state index contributed by atoms with van der Waals surface area (Å²) < 4.78 is 39.6. The van der Waals surface area contributed by atoms with E-state index in [9.17, 15) is 28.9 Å². The molecule has 2 N–H and O–H groups in total. The first-order valence-corrected chi connectivity index (χ1v) is 31.7. The average molecular weight is 1040 g/mol. The van der Waals surface area contributed by atoms with Gasteiger partial charge in [-0.25, -0.2) is 4.57 Å². The van der Waals surface area contributed by atoms with Gasteiger partial charge in [0.05, 0.1) is 19.8 Å². The predicted octanol–water partition coefficient (Wildman–Crippen LogP) is 17.8. The number of carbonyl (C=O) groups is 3. The highest BCUT2D eigenvalue weighted by molar-refractivity contribution is 7.47. The molecule has 12 heteroatoms. The number of phosphoric acid groups is 1. The molecule has 0 rings (SSSR count). The zero-order valence-electron chi connectivity index (χ0n) is 46.9. The van der Waals surface area contributed by atoms with Crippen LogP contribution in [0.3, 0.4) is 0 Å². The van der Waals surface area contributed by atoms with E-state index in [-0.39, 0.29) is 25.9 Å². The minimum absolute atomic E-state index is 0.171. The largest absolute Gasteiger partial charge is 0.472 e. The van der Waals surface area contributed by atoms with Crippen molar-refractivity contribution >= 4 is 25.7 Å². The lowest BCUT2D eigenvalue weighted by Gasteiger charge is -2.21. The van der Waals surface area contributed by atoms with Crippen LogP contribution in [0.4, 0.5) is 0 Å². The van der Waals surface area contributed by atoms with E-state index >= 15 is 0 Å². The maximum absolute atomic E-state index is 12.9. The number of hydrogen-bond acceptors (Lipinski definition) is 10. The Morgan fingerprint density at radius 2 is 0.639 bits per heavy atom. The molecule has 0 aliphatic heterocycles. The van der Waals surface area contributed by atoms with Gasteiger partial charge in [0, 0.05) is 19.3 Å². The summed E-state index contributed by atoms with van der Waals surface area (Å²) in [5, 5.41) is 9.81. The van der Waals surface area contributed by atoms with Crippen LogP contribution in [0.25, 0.3) is 0 Å². The molecule has 0 amide bonds. The Morgan fingerprint density at radius 3 is 0.972 bits per heavy atom. The van der Waals surface area contributed by atoms with Crippen LogP contribution in [-0.2, 0) is 42.2 Å². The number of aliphatic hydroxyl groups is 1. The van der Waals surface area contributed by atoms with Crippen molar-refractivity contribution in [1.29, 1.82) is 0 Å². The molecule has 3 atom stereocenters. The van der Waals surface area contributed by atoms with Crippen molar-refractivity contribution in [2.45, 2.75) is 315 Å². The van der Waals surface area contributed by atoms with Gasteiger partial charge in [0.1, 0.15) is 12.7 Å². The fourth-order valence-corrected chi connectivity index (χ4v) is 9.48. The van der Waals surface area contributed by atoms with Crippen LogP contribution in [0.2, 0.25) is 0 Å². The van der Waals surface area contributed by atoms with Gasteiger partial charge in [-0.3, -0.25) is 23.4 Å². The van der Waals surface area contributed by atoms with Crippen molar-refractivity contribution in [3.63, 3.8) is 0 Å². The van der Waals surface area contributed by atoms with Gasteiger partial charge in [-0.1, -0.05) is 238 Å². The second-order valence-electron chi connectivity index (χ2n) is 20.5. The van der Waals surface area contributed by atoms with E-state index in [2.05, 4.69) is 45.1 Å². The quantitative estimate of drug-likeness (QED) is 0.0197. The molecule has 0 saturated carbocycles. The normalized spacial score (nSPS) is 13.5. The molecule has 11 nitrogen and oxygen atoms in total. The monoisotopic (exact) mass is 1040 g/mol. The summed E-state index contributed by atoms with van der Waals surface area (Å²) >= 11 is 0. The molecule has 0 aromatic carbocycles. The van der Waals surface area contributed by atoms with E-state index in [1.165, 1.54) is 161 Å². The van der Waals surface area contributed by atoms with Gasteiger partial charge in [-0.15, -0.1) is 0 Å². The first-order valence-electron chi connectivity index (χ1n) is 30.2. The van der Waals surface area contributed by atoms with E-state index in [1.54, 1.807) is 0 Å². The molecule has 424 valence electrons. The third kappa shape index (κ3) is 52.8. The minimum atomic E-state index is -4.74. The van der Waals surface area contributed by atoms with E-state index in [1.807, 2.05) is 0 Å². The number of ether oxygens (including phenoxy) is 3. The maximum Gasteiger partial charge on any atom is 0.472 e. The Kier molecular flexibility index (Phi) is 53.6. The van der Waals surface area contributed by atoms with Gasteiger partial charge >= 0.3 is 25.7 Å². The third-order valence-electron chi connectivity index (χ3n) is 13.3. The second-order valence-corrected chi connectivity index (χ2v) is 22.0. The van der Waals surface area contributed by atoms with Crippen molar-refractivity contribution < 1.29 is 52.2 Å². The van der Waals surface area contributed by atoms with Crippen LogP contribution >= 0.6 is 7.82 Å². The molecule has 0 bridgehead atoms. The molecule has 0 aliphatic rings. The zero-order chi connectivity index (χ0) is 52.7. The van der Waals surface area contributed by atoms with E-state index in [4.69, 9.17) is 23.3 Å². The fraction of sp³-hybridized carbons (Fsp3) is 0.883. The molecule has 3 unspecified atom stereocenters. The fourth-order valence-electron chi connectivity index (χ4n) is 8.70. The molecule has 0 aromatic rings. The van der Waals surface area contributed by atoms with Gasteiger partial charge in [0.25, 0.3) is 0 Å². The van der Waals surface area contributed by atoms with Crippen molar-refractivity contribution in [2.75, 3.05) is 26.4 Å². The lowest BCUT2D eigenvalue weighted by atomic mass is 10.0. The first kappa shape index (κ1) is 70.0. The van der Waals surface area contributed by atoms with Crippen molar-refractivity contribution in [2.24, 2.45) is 0 Å². The summed E-state index contributed by atoms with van der Waals surface area (Å²) in [5.41, 5.74) is 0. The number of allylic oxidation sites excluding steroid dienone is 4. The maximum atomic E-state index is 12.9. The minimum Gasteiger partial charge on any atom is -0.462 e. The van der Waals surface area contributed by atoms with Crippen LogP contribution < -0.4 is 0 Å². The highest BCUT2D eigenvalue weighted by atomic mass is 31.2. The van der Waals surface area contributed by atoms with Crippen LogP contribution in [-0.4, -0.2) is 66.5 Å². The summed E-state index contributed by atoms with van der Waals surface area (Å²) in [7, 11) is -4.74. The van der Waals surface area contributed by atoms with Crippen LogP contribution in [0.5, 0.6) is 0 Å². The molecular formula is C60H113O11P. The number of rotatable bonds is 57. The number of esters is 3. The number of phosphoric ester groups is 1. The molecule has 0 spiro atoms. The van der Waals surface area contributed by atoms with Gasteiger partial charge in [0.15, 0.2) is 6.10 Å². The summed E-state index contributed by atoms with van der Waals surface area (Å²) in [6.45, 7) is 4.67. The van der Waals surface area contributed by atoms with E-state index < -0.39 is 57.8 Å². The average Bonchev–Trinajstić information content (AvgIpc) is 3.37. The zero-order valence-corrected chi connectivity index (χ0v) is 47.8. The number of hydrogen-bond donors (Lipinski definition) is 2. The van der Waals surface area contributed by atoms with Crippen LogP contribution in [0.1, 0.15) is 303 Å². The van der Waals surface area contributed by atoms with Gasteiger partial charge < -0.3 is 24.2 Å². The predicted molar refractivity (Wildman–Crippen MR) is 298 cm³/mol. The molecule has 0 saturated heterocycles. The molecule has 0 heterocycles. The number of unbranched alkanes of at least 4 members (excludes halogenated alkanes) is 36. The molecule has 0 radical (unpaired) electrons. The third-order valence-corrected chi connectivity index (χ3v) is 14.3. The highest BCUT2D eigenvalue weighted by Crippen LogP contribution is 2.43. The smallest absolute Gasteiger partial charge is 0.462 e. The molecule has 72 heavy (non-hydrogen) atoms. The Morgan fingerprint density at radius 1 is 0.375 bits per heavy atom. The lowest BCUT2D eigenvalue weighted by Crippen LogP contribution is -2.30. The topological polar surface area (TPSA) is 155 Å². The van der Waals surface area contributed by atoms with Crippen molar-refractivity contribution in [3.8, 4) is 0 Å². The van der Waals surface area contributed by atoms with Crippen molar-refractivity contribution in [1.82, 2.24) is 0 Å². The van der Waals surface area contributed by atoms with Gasteiger partial charge in [0.2, 0.25) is 0 Å². The Hall–Kier alpha value is -2.04. The summed E-state index contributed by atoms with van der Waals surface area (Å²) in [5.74, 6) is -1.45. The van der Waals surface area contributed by atoms with Gasteiger partial charge in [-0.2, -0.15) is 0 Å². The van der Waals surface area contributed by atoms with Crippen molar-refractivity contribution in [3.05, 3.63) is 24.3 Å². The Labute approximate surface area is 442 Å². The molecular weight excluding hydrogens is 928 g/mol. The Balaban J connectivity index is 4.69. The van der Waals surface area contributed by atoms with E-state index in [0.717, 1.165) is 83.5 Å². The molecule has 0 aromatic heterocycles.